The molecule has 1 aromatic rings. The molecule has 1 heterocycles. The Morgan fingerprint density at radius 2 is 2.36 bits per heavy atom. The fourth-order valence-corrected chi connectivity index (χ4v) is 1.18. The van der Waals surface area contributed by atoms with Crippen LogP contribution in [0.2, 0.25) is 0 Å². The second-order valence-corrected chi connectivity index (χ2v) is 3.07. The average molecular weight is 193 g/mol. The van der Waals surface area contributed by atoms with Gasteiger partial charge in [-0.2, -0.15) is 0 Å². The van der Waals surface area contributed by atoms with E-state index in [1.54, 1.807) is 13.1 Å². The maximum atomic E-state index is 10.7. The summed E-state index contributed by atoms with van der Waals surface area (Å²) in [5.74, 6) is 0.989. The summed E-state index contributed by atoms with van der Waals surface area (Å²) in [6.07, 6.45) is 1.74. The molecular formula is C10H15N3O. The van der Waals surface area contributed by atoms with Crippen molar-refractivity contribution in [1.29, 1.82) is 0 Å². The Kier molecular flexibility index (Phi) is 4.07. The Bertz CT molecular complexity index is 312. The molecule has 0 unspecified atom stereocenters. The lowest BCUT2D eigenvalue weighted by Gasteiger charge is -2.07. The van der Waals surface area contributed by atoms with Crippen molar-refractivity contribution in [3.05, 3.63) is 23.9 Å². The van der Waals surface area contributed by atoms with Crippen LogP contribution in [0, 0.1) is 0 Å². The zero-order chi connectivity index (χ0) is 10.4. The number of nitrogens with one attached hydrogen (secondary N) is 2. The van der Waals surface area contributed by atoms with E-state index < -0.39 is 0 Å². The summed E-state index contributed by atoms with van der Waals surface area (Å²) >= 11 is 0. The van der Waals surface area contributed by atoms with Crippen LogP contribution < -0.4 is 10.6 Å². The van der Waals surface area contributed by atoms with Gasteiger partial charge in [0.15, 0.2) is 0 Å². The molecule has 76 valence electrons. The zero-order valence-corrected chi connectivity index (χ0v) is 8.50. The van der Waals surface area contributed by atoms with Crippen LogP contribution in [0.3, 0.4) is 0 Å². The molecule has 0 atom stereocenters. The van der Waals surface area contributed by atoms with E-state index in [0.29, 0.717) is 13.1 Å². The molecule has 0 radical (unpaired) electrons. The molecule has 1 rings (SSSR count). The second-order valence-electron chi connectivity index (χ2n) is 3.07. The monoisotopic (exact) mass is 193 g/mol. The molecule has 4 heteroatoms. The third-order valence-corrected chi connectivity index (χ3v) is 1.82. The van der Waals surface area contributed by atoms with E-state index >= 15 is 0 Å². The summed E-state index contributed by atoms with van der Waals surface area (Å²) in [6, 6.07) is 3.86. The summed E-state index contributed by atoms with van der Waals surface area (Å²) in [5, 5.41) is 6.04. The highest BCUT2D eigenvalue weighted by Gasteiger charge is 2.00. The van der Waals surface area contributed by atoms with Crippen molar-refractivity contribution >= 4 is 11.6 Å². The molecule has 0 aliphatic heterocycles. The number of aromatic nitrogens is 1. The first-order valence-corrected chi connectivity index (χ1v) is 4.56. The molecule has 0 spiro atoms. The van der Waals surface area contributed by atoms with E-state index in [1.165, 1.54) is 0 Å². The normalized spacial score (nSPS) is 9.86. The third-order valence-electron chi connectivity index (χ3n) is 1.82. The van der Waals surface area contributed by atoms with Gasteiger partial charge < -0.3 is 10.6 Å². The van der Waals surface area contributed by atoms with Crippen LogP contribution >= 0.6 is 0 Å². The van der Waals surface area contributed by atoms with Crippen LogP contribution in [-0.4, -0.2) is 24.4 Å². The summed E-state index contributed by atoms with van der Waals surface area (Å²) in [5.41, 5.74) is 1.07. The van der Waals surface area contributed by atoms with Crippen molar-refractivity contribution in [3.63, 3.8) is 0 Å². The first kappa shape index (κ1) is 10.7. The number of anilines is 1. The van der Waals surface area contributed by atoms with E-state index in [9.17, 15) is 4.79 Å². The molecule has 0 saturated heterocycles. The molecule has 0 saturated carbocycles. The van der Waals surface area contributed by atoms with Crippen molar-refractivity contribution < 1.29 is 4.79 Å². The van der Waals surface area contributed by atoms with Crippen LogP contribution in [-0.2, 0) is 11.3 Å². The minimum Gasteiger partial charge on any atom is -0.373 e. The molecule has 14 heavy (non-hydrogen) atoms. The number of nitrogens with zero attached hydrogens (tertiary/aromatic N) is 1. The SMILES string of the molecule is CNc1ncccc1CNCC(C)=O. The molecule has 2 N–H and O–H groups in total. The molecule has 0 aliphatic rings. The van der Waals surface area contributed by atoms with Crippen molar-refractivity contribution in [2.45, 2.75) is 13.5 Å². The highest BCUT2D eigenvalue weighted by molar-refractivity contribution is 5.77. The molecular weight excluding hydrogens is 178 g/mol. The first-order chi connectivity index (χ1) is 6.74. The maximum absolute atomic E-state index is 10.7. The number of Topliss-reactive ketones (excluding diaryl/α,β-unsaturated/α-hetero) is 1. The number of carbonyl (C=O) groups excluding carboxylic acids is 1. The molecule has 4 nitrogen and oxygen atoms in total. The molecule has 0 bridgehead atoms. The highest BCUT2D eigenvalue weighted by atomic mass is 16.1. The fourth-order valence-electron chi connectivity index (χ4n) is 1.18. The molecule has 0 aliphatic carbocycles. The van der Waals surface area contributed by atoms with Gasteiger partial charge >= 0.3 is 0 Å². The number of hydrogen-bond donors (Lipinski definition) is 2. The van der Waals surface area contributed by atoms with Gasteiger partial charge in [-0.25, -0.2) is 4.98 Å². The van der Waals surface area contributed by atoms with E-state index in [1.807, 2.05) is 19.2 Å². The van der Waals surface area contributed by atoms with Crippen LogP contribution in [0.5, 0.6) is 0 Å². The Hall–Kier alpha value is -1.42. The highest BCUT2D eigenvalue weighted by Crippen LogP contribution is 2.09. The predicted octanol–water partition coefficient (Wildman–Crippen LogP) is 0.802. The Labute approximate surface area is 83.7 Å². The summed E-state index contributed by atoms with van der Waals surface area (Å²) in [6.45, 7) is 2.62. The van der Waals surface area contributed by atoms with Crippen LogP contribution in [0.15, 0.2) is 18.3 Å². The average Bonchev–Trinajstić information content (AvgIpc) is 2.18. The van der Waals surface area contributed by atoms with Crippen molar-refractivity contribution in [3.8, 4) is 0 Å². The van der Waals surface area contributed by atoms with Gasteiger partial charge in [-0.3, -0.25) is 4.79 Å². The number of ketones is 1. The maximum Gasteiger partial charge on any atom is 0.143 e. The number of carbonyl (C=O) groups is 1. The van der Waals surface area contributed by atoms with E-state index in [-0.39, 0.29) is 5.78 Å². The van der Waals surface area contributed by atoms with Crippen molar-refractivity contribution in [2.75, 3.05) is 18.9 Å². The summed E-state index contributed by atoms with van der Waals surface area (Å²) < 4.78 is 0. The lowest BCUT2D eigenvalue weighted by atomic mass is 10.2. The Morgan fingerprint density at radius 1 is 1.57 bits per heavy atom. The smallest absolute Gasteiger partial charge is 0.143 e. The van der Waals surface area contributed by atoms with Gasteiger partial charge in [0.25, 0.3) is 0 Å². The van der Waals surface area contributed by atoms with Crippen LogP contribution in [0.1, 0.15) is 12.5 Å². The second kappa shape index (κ2) is 5.34. The van der Waals surface area contributed by atoms with E-state index in [0.717, 1.165) is 11.4 Å². The number of hydrogen-bond acceptors (Lipinski definition) is 4. The first-order valence-electron chi connectivity index (χ1n) is 4.56. The quantitative estimate of drug-likeness (QED) is 0.726. The van der Waals surface area contributed by atoms with Gasteiger partial charge in [0.2, 0.25) is 0 Å². The topological polar surface area (TPSA) is 54.0 Å². The minimum absolute atomic E-state index is 0.139. The van der Waals surface area contributed by atoms with Gasteiger partial charge in [0, 0.05) is 25.4 Å². The predicted molar refractivity (Wildman–Crippen MR) is 56.2 cm³/mol. The minimum atomic E-state index is 0.139. The third kappa shape index (κ3) is 3.14. The van der Waals surface area contributed by atoms with Gasteiger partial charge in [-0.15, -0.1) is 0 Å². The molecule has 0 amide bonds. The van der Waals surface area contributed by atoms with E-state index in [2.05, 4.69) is 15.6 Å². The number of pyridine rings is 1. The van der Waals surface area contributed by atoms with Gasteiger partial charge in [-0.1, -0.05) is 6.07 Å². The zero-order valence-electron chi connectivity index (χ0n) is 8.50. The van der Waals surface area contributed by atoms with E-state index in [4.69, 9.17) is 0 Å². The standard InChI is InChI=1S/C10H15N3O/c1-8(14)6-12-7-9-4-3-5-13-10(9)11-2/h3-5,12H,6-7H2,1-2H3,(H,11,13). The summed E-state index contributed by atoms with van der Waals surface area (Å²) in [4.78, 5) is 14.9. The Balaban J connectivity index is 2.53. The fraction of sp³-hybridized carbons (Fsp3) is 0.400. The lowest BCUT2D eigenvalue weighted by molar-refractivity contribution is -0.116. The van der Waals surface area contributed by atoms with Crippen LogP contribution in [0.25, 0.3) is 0 Å². The Morgan fingerprint density at radius 3 is 3.00 bits per heavy atom. The molecule has 0 aromatic carbocycles. The van der Waals surface area contributed by atoms with Gasteiger partial charge in [-0.05, 0) is 13.0 Å². The van der Waals surface area contributed by atoms with Crippen LogP contribution in [0.4, 0.5) is 5.82 Å². The van der Waals surface area contributed by atoms with Crippen molar-refractivity contribution in [2.24, 2.45) is 0 Å². The summed E-state index contributed by atoms with van der Waals surface area (Å²) in [7, 11) is 1.83. The molecule has 0 fully saturated rings. The lowest BCUT2D eigenvalue weighted by Crippen LogP contribution is -2.21. The van der Waals surface area contributed by atoms with Crippen molar-refractivity contribution in [1.82, 2.24) is 10.3 Å². The van der Waals surface area contributed by atoms with Gasteiger partial charge in [0.05, 0.1) is 6.54 Å². The molecule has 1 aromatic heterocycles. The number of rotatable bonds is 5. The van der Waals surface area contributed by atoms with Gasteiger partial charge in [0.1, 0.15) is 11.6 Å². The largest absolute Gasteiger partial charge is 0.373 e.